The highest BCUT2D eigenvalue weighted by Gasteiger charge is 2.23. The molecule has 4 aromatic carbocycles. The van der Waals surface area contributed by atoms with Crippen molar-refractivity contribution in [1.82, 2.24) is 4.90 Å². The predicted molar refractivity (Wildman–Crippen MR) is 182 cm³/mol. The second-order valence-corrected chi connectivity index (χ2v) is 11.6. The summed E-state index contributed by atoms with van der Waals surface area (Å²) in [6.07, 6.45) is 1.02. The van der Waals surface area contributed by atoms with Gasteiger partial charge in [0.1, 0.15) is 11.8 Å². The number of para-hydroxylation sites is 1. The van der Waals surface area contributed by atoms with Gasteiger partial charge >= 0.3 is 5.97 Å². The molecule has 0 radical (unpaired) electrons. The van der Waals surface area contributed by atoms with Crippen LogP contribution in [-0.4, -0.2) is 48.9 Å². The molecule has 7 nitrogen and oxygen atoms in total. The Labute approximate surface area is 273 Å². The lowest BCUT2D eigenvalue weighted by molar-refractivity contribution is -0.141. The molecule has 0 aliphatic rings. The quantitative estimate of drug-likeness (QED) is 0.0742. The van der Waals surface area contributed by atoms with E-state index in [0.29, 0.717) is 55.1 Å². The smallest absolute Gasteiger partial charge is 0.328 e. The Morgan fingerprint density at radius 2 is 1.48 bits per heavy atom. The van der Waals surface area contributed by atoms with Crippen molar-refractivity contribution >= 4 is 34.7 Å². The Kier molecular flexibility index (Phi) is 11.3. The molecule has 1 heterocycles. The number of esters is 1. The summed E-state index contributed by atoms with van der Waals surface area (Å²) in [5.41, 5.74) is 3.59. The molecule has 0 aliphatic carbocycles. The number of hydrogen-bond donors (Lipinski definition) is 1. The molecule has 0 saturated heterocycles. The Bertz CT molecular complexity index is 1710. The summed E-state index contributed by atoms with van der Waals surface area (Å²) in [6.45, 7) is 1.54. The van der Waals surface area contributed by atoms with Crippen molar-refractivity contribution in [3.63, 3.8) is 0 Å². The van der Waals surface area contributed by atoms with Gasteiger partial charge in [0.25, 0.3) is 5.91 Å². The molecular formula is C38H36N2O5S. The summed E-state index contributed by atoms with van der Waals surface area (Å²) in [7, 11) is 1.35. The fourth-order valence-corrected chi connectivity index (χ4v) is 5.78. The number of benzene rings is 4. The van der Waals surface area contributed by atoms with Crippen LogP contribution in [0.3, 0.4) is 0 Å². The number of methoxy groups -OCH3 is 1. The van der Waals surface area contributed by atoms with E-state index in [9.17, 15) is 14.4 Å². The summed E-state index contributed by atoms with van der Waals surface area (Å²) in [6, 6.07) is 36.8. The number of carbonyl (C=O) groups excluding carboxylic acids is 3. The van der Waals surface area contributed by atoms with Gasteiger partial charge in [0, 0.05) is 36.3 Å². The van der Waals surface area contributed by atoms with E-state index in [-0.39, 0.29) is 11.7 Å². The molecule has 1 atom stereocenters. The van der Waals surface area contributed by atoms with Crippen LogP contribution in [0.5, 0.6) is 5.75 Å². The van der Waals surface area contributed by atoms with Crippen molar-refractivity contribution in [3.8, 4) is 5.75 Å². The predicted octanol–water partition coefficient (Wildman–Crippen LogP) is 7.29. The SMILES string of the molecule is COC(=O)C(Cc1ccc(OCCCN(Cc2ccccc2)C(=O)c2cccs2)cc1)Nc1ccccc1C(=O)c1ccccc1. The maximum Gasteiger partial charge on any atom is 0.328 e. The van der Waals surface area contributed by atoms with Crippen molar-refractivity contribution in [1.29, 1.82) is 0 Å². The molecule has 46 heavy (non-hydrogen) atoms. The zero-order valence-electron chi connectivity index (χ0n) is 25.6. The first-order chi connectivity index (χ1) is 22.5. The first-order valence-corrected chi connectivity index (χ1v) is 16.0. The third-order valence-electron chi connectivity index (χ3n) is 7.46. The summed E-state index contributed by atoms with van der Waals surface area (Å²) in [4.78, 5) is 41.7. The van der Waals surface area contributed by atoms with Crippen LogP contribution in [0, 0.1) is 0 Å². The molecule has 1 amide bonds. The Balaban J connectivity index is 1.18. The van der Waals surface area contributed by atoms with Crippen LogP contribution in [0.4, 0.5) is 5.69 Å². The molecule has 0 fully saturated rings. The van der Waals surface area contributed by atoms with Gasteiger partial charge in [-0.05, 0) is 53.3 Å². The van der Waals surface area contributed by atoms with Gasteiger partial charge in [-0.15, -0.1) is 11.3 Å². The van der Waals surface area contributed by atoms with Gasteiger partial charge in [-0.2, -0.15) is 0 Å². The van der Waals surface area contributed by atoms with Crippen molar-refractivity contribution in [2.45, 2.75) is 25.4 Å². The highest BCUT2D eigenvalue weighted by atomic mass is 32.1. The Morgan fingerprint density at radius 3 is 2.17 bits per heavy atom. The molecule has 1 aromatic heterocycles. The zero-order chi connectivity index (χ0) is 32.1. The number of thiophene rings is 1. The lowest BCUT2D eigenvalue weighted by atomic mass is 10.00. The van der Waals surface area contributed by atoms with Gasteiger partial charge in [-0.3, -0.25) is 9.59 Å². The van der Waals surface area contributed by atoms with E-state index in [4.69, 9.17) is 9.47 Å². The van der Waals surface area contributed by atoms with E-state index in [1.165, 1.54) is 18.4 Å². The van der Waals surface area contributed by atoms with E-state index in [1.807, 2.05) is 101 Å². The average molecular weight is 633 g/mol. The minimum atomic E-state index is -0.710. The first-order valence-electron chi connectivity index (χ1n) is 15.1. The third-order valence-corrected chi connectivity index (χ3v) is 8.32. The number of hydrogen-bond acceptors (Lipinski definition) is 7. The first kappa shape index (κ1) is 32.2. The van der Waals surface area contributed by atoms with Gasteiger partial charge in [-0.1, -0.05) is 91.0 Å². The highest BCUT2D eigenvalue weighted by Crippen LogP contribution is 2.22. The molecular weight excluding hydrogens is 596 g/mol. The summed E-state index contributed by atoms with van der Waals surface area (Å²) >= 11 is 1.44. The van der Waals surface area contributed by atoms with Gasteiger partial charge in [-0.25, -0.2) is 4.79 Å². The average Bonchev–Trinajstić information content (AvgIpc) is 3.65. The number of amides is 1. The van der Waals surface area contributed by atoms with Crippen LogP contribution < -0.4 is 10.1 Å². The standard InChI is InChI=1S/C38H36N2O5S/c1-44-38(43)34(39-33-17-9-8-16-32(33)36(41)30-14-6-3-7-15-30)26-28-19-21-31(22-20-28)45-24-11-23-40(27-29-12-4-2-5-13-29)37(42)35-18-10-25-46-35/h2-10,12-22,25,34,39H,11,23-24,26-27H2,1H3. The number of anilines is 1. The Morgan fingerprint density at radius 1 is 0.783 bits per heavy atom. The van der Waals surface area contributed by atoms with E-state index >= 15 is 0 Å². The van der Waals surface area contributed by atoms with Gasteiger partial charge < -0.3 is 19.7 Å². The van der Waals surface area contributed by atoms with E-state index in [0.717, 1.165) is 16.0 Å². The van der Waals surface area contributed by atoms with Crippen LogP contribution in [-0.2, 0) is 22.5 Å². The van der Waals surface area contributed by atoms with E-state index in [1.54, 1.807) is 30.3 Å². The minimum absolute atomic E-state index is 0.0176. The Hall–Kier alpha value is -5.21. The van der Waals surface area contributed by atoms with Crippen molar-refractivity contribution < 1.29 is 23.9 Å². The molecule has 5 aromatic rings. The molecule has 0 aliphatic heterocycles. The molecule has 0 spiro atoms. The second kappa shape index (κ2) is 16.2. The summed E-state index contributed by atoms with van der Waals surface area (Å²) < 4.78 is 11.1. The van der Waals surface area contributed by atoms with Gasteiger partial charge in [0.15, 0.2) is 5.78 Å². The lowest BCUT2D eigenvalue weighted by Gasteiger charge is -2.22. The number of nitrogens with one attached hydrogen (secondary N) is 1. The molecule has 1 unspecified atom stereocenters. The monoisotopic (exact) mass is 632 g/mol. The third kappa shape index (κ3) is 8.70. The van der Waals surface area contributed by atoms with Crippen LogP contribution >= 0.6 is 11.3 Å². The maximum absolute atomic E-state index is 13.2. The topological polar surface area (TPSA) is 84.9 Å². The number of rotatable bonds is 15. The van der Waals surface area contributed by atoms with Gasteiger partial charge in [0.2, 0.25) is 0 Å². The molecule has 8 heteroatoms. The van der Waals surface area contributed by atoms with Crippen LogP contribution in [0.2, 0.25) is 0 Å². The van der Waals surface area contributed by atoms with Crippen LogP contribution in [0.15, 0.2) is 127 Å². The second-order valence-electron chi connectivity index (χ2n) is 10.7. The number of nitrogens with zero attached hydrogens (tertiary/aromatic N) is 1. The fourth-order valence-electron chi connectivity index (χ4n) is 5.09. The lowest BCUT2D eigenvalue weighted by Crippen LogP contribution is -2.33. The van der Waals surface area contributed by atoms with Crippen molar-refractivity contribution in [2.75, 3.05) is 25.6 Å². The van der Waals surface area contributed by atoms with Crippen molar-refractivity contribution in [2.24, 2.45) is 0 Å². The van der Waals surface area contributed by atoms with Crippen molar-refractivity contribution in [3.05, 3.63) is 154 Å². The number of ether oxygens (including phenoxy) is 2. The van der Waals surface area contributed by atoms with E-state index in [2.05, 4.69) is 5.32 Å². The summed E-state index contributed by atoms with van der Waals surface area (Å²) in [5, 5.41) is 5.16. The number of ketones is 1. The molecule has 1 N–H and O–H groups in total. The fraction of sp³-hybridized carbons (Fsp3) is 0.184. The normalized spacial score (nSPS) is 11.3. The number of carbonyl (C=O) groups is 3. The molecule has 0 saturated carbocycles. The van der Waals surface area contributed by atoms with Crippen LogP contribution in [0.1, 0.15) is 43.1 Å². The van der Waals surface area contributed by atoms with Gasteiger partial charge in [0.05, 0.1) is 18.6 Å². The maximum atomic E-state index is 13.2. The molecule has 234 valence electrons. The highest BCUT2D eigenvalue weighted by molar-refractivity contribution is 7.12. The summed E-state index contributed by atoms with van der Waals surface area (Å²) in [5.74, 6) is 0.153. The molecule has 0 bridgehead atoms. The van der Waals surface area contributed by atoms with Crippen LogP contribution in [0.25, 0.3) is 0 Å². The minimum Gasteiger partial charge on any atom is -0.494 e. The zero-order valence-corrected chi connectivity index (χ0v) is 26.5. The largest absolute Gasteiger partial charge is 0.494 e. The molecule has 5 rings (SSSR count). The van der Waals surface area contributed by atoms with E-state index < -0.39 is 12.0 Å².